The Balaban J connectivity index is 3.22. The lowest BCUT2D eigenvalue weighted by molar-refractivity contribution is 0.387. The Morgan fingerprint density at radius 3 is 2.47 bits per heavy atom. The van der Waals surface area contributed by atoms with Crippen molar-refractivity contribution >= 4 is 10.1 Å². The van der Waals surface area contributed by atoms with Crippen LogP contribution in [-0.4, -0.2) is 25.7 Å². The van der Waals surface area contributed by atoms with E-state index in [9.17, 15) is 18.6 Å². The van der Waals surface area contributed by atoms with Gasteiger partial charge in [0.25, 0.3) is 10.1 Å². The summed E-state index contributed by atoms with van der Waals surface area (Å²) in [5.41, 5.74) is 0.108. The Labute approximate surface area is 88.1 Å². The van der Waals surface area contributed by atoms with E-state index >= 15 is 0 Å². The first-order valence-electron chi connectivity index (χ1n) is 4.20. The maximum Gasteiger partial charge on any atom is 0.274 e. The second kappa shape index (κ2) is 4.08. The molecule has 0 aliphatic carbocycles. The first-order valence-corrected chi connectivity index (χ1v) is 5.67. The van der Waals surface area contributed by atoms with Crippen molar-refractivity contribution in [3.8, 4) is 11.5 Å². The zero-order chi connectivity index (χ0) is 11.6. The molecule has 1 aromatic carbocycles. The fourth-order valence-electron chi connectivity index (χ4n) is 1.17. The van der Waals surface area contributed by atoms with Crippen LogP contribution in [-0.2, 0) is 14.3 Å². The molecule has 0 aromatic heterocycles. The third kappa shape index (κ3) is 2.40. The quantitative estimate of drug-likeness (QED) is 0.603. The van der Waals surface area contributed by atoms with Crippen molar-refractivity contribution in [3.05, 3.63) is 23.8 Å². The number of phenols is 2. The van der Waals surface area contributed by atoms with Crippen LogP contribution in [0.25, 0.3) is 0 Å². The molecule has 0 spiro atoms. The van der Waals surface area contributed by atoms with Gasteiger partial charge in [0.2, 0.25) is 0 Å². The summed E-state index contributed by atoms with van der Waals surface area (Å²) in [7, 11) is -2.71. The van der Waals surface area contributed by atoms with Crippen LogP contribution in [0, 0.1) is 0 Å². The fraction of sp³-hybridized carbons (Fsp3) is 0.333. The van der Waals surface area contributed by atoms with Gasteiger partial charge in [-0.1, -0.05) is 0 Å². The Morgan fingerprint density at radius 2 is 1.93 bits per heavy atom. The molecular formula is C9H12O5S. The molecule has 0 radical (unpaired) electrons. The fourth-order valence-corrected chi connectivity index (χ4v) is 1.96. The molecule has 0 aliphatic heterocycles. The average Bonchev–Trinajstić information content (AvgIpc) is 2.20. The smallest absolute Gasteiger partial charge is 0.274 e. The molecule has 84 valence electrons. The highest BCUT2D eigenvalue weighted by molar-refractivity contribution is 7.86. The lowest BCUT2D eigenvalue weighted by atomic mass is 10.1. The number of hydrogen-bond acceptors (Lipinski definition) is 5. The van der Waals surface area contributed by atoms with Crippen LogP contribution >= 0.6 is 0 Å². The normalized spacial score (nSPS) is 13.7. The first kappa shape index (κ1) is 11.8. The summed E-state index contributed by atoms with van der Waals surface area (Å²) < 4.78 is 27.0. The van der Waals surface area contributed by atoms with Gasteiger partial charge < -0.3 is 10.2 Å². The topological polar surface area (TPSA) is 83.8 Å². The zero-order valence-corrected chi connectivity index (χ0v) is 9.15. The van der Waals surface area contributed by atoms with Crippen molar-refractivity contribution in [2.45, 2.75) is 12.2 Å². The zero-order valence-electron chi connectivity index (χ0n) is 8.34. The van der Waals surface area contributed by atoms with Crippen LogP contribution in [0.1, 0.15) is 17.7 Å². The lowest BCUT2D eigenvalue weighted by Gasteiger charge is -2.12. The molecule has 15 heavy (non-hydrogen) atoms. The van der Waals surface area contributed by atoms with Crippen molar-refractivity contribution in [2.75, 3.05) is 7.11 Å². The van der Waals surface area contributed by atoms with E-state index in [4.69, 9.17) is 0 Å². The molecule has 5 nitrogen and oxygen atoms in total. The Morgan fingerprint density at radius 1 is 1.33 bits per heavy atom. The summed E-state index contributed by atoms with van der Waals surface area (Å²) in [5.74, 6) is -0.304. The van der Waals surface area contributed by atoms with Gasteiger partial charge in [0.1, 0.15) is 16.7 Å². The number of aromatic hydroxyl groups is 2. The summed E-state index contributed by atoms with van der Waals surface area (Å²) in [4.78, 5) is 0. The van der Waals surface area contributed by atoms with E-state index in [-0.39, 0.29) is 17.1 Å². The van der Waals surface area contributed by atoms with E-state index < -0.39 is 15.4 Å². The summed E-state index contributed by atoms with van der Waals surface area (Å²) in [5, 5.41) is 17.6. The minimum absolute atomic E-state index is 0.108. The molecule has 1 atom stereocenters. The van der Waals surface area contributed by atoms with Crippen LogP contribution < -0.4 is 0 Å². The molecule has 1 unspecified atom stereocenters. The molecule has 0 saturated heterocycles. The Hall–Kier alpha value is -1.27. The predicted molar refractivity (Wildman–Crippen MR) is 54.1 cm³/mol. The molecule has 0 aliphatic rings. The van der Waals surface area contributed by atoms with Gasteiger partial charge in [0, 0.05) is 5.56 Å². The van der Waals surface area contributed by atoms with E-state index in [1.165, 1.54) is 25.1 Å². The molecular weight excluding hydrogens is 220 g/mol. The van der Waals surface area contributed by atoms with Gasteiger partial charge in [-0.25, -0.2) is 0 Å². The van der Waals surface area contributed by atoms with Gasteiger partial charge in [0.15, 0.2) is 0 Å². The predicted octanol–water partition coefficient (Wildman–Crippen LogP) is 1.14. The van der Waals surface area contributed by atoms with Crippen molar-refractivity contribution < 1.29 is 22.8 Å². The monoisotopic (exact) mass is 232 g/mol. The van der Waals surface area contributed by atoms with Gasteiger partial charge in [-0.05, 0) is 25.1 Å². The molecule has 0 saturated carbocycles. The lowest BCUT2D eigenvalue weighted by Crippen LogP contribution is -2.11. The SMILES string of the molecule is COS(=O)(=O)C(C)c1cc(O)ccc1O. The summed E-state index contributed by atoms with van der Waals surface area (Å²) >= 11 is 0. The molecule has 1 aromatic rings. The standard InChI is InChI=1S/C9H12O5S/c1-6(15(12,13)14-2)8-5-7(10)3-4-9(8)11/h3-6,10-11H,1-2H3. The number of hydrogen-bond donors (Lipinski definition) is 2. The third-order valence-corrected chi connectivity index (χ3v) is 3.70. The largest absolute Gasteiger partial charge is 0.508 e. The van der Waals surface area contributed by atoms with Gasteiger partial charge in [-0.2, -0.15) is 8.42 Å². The summed E-state index contributed by atoms with van der Waals surface area (Å²) in [6.07, 6.45) is 0. The van der Waals surface area contributed by atoms with E-state index in [0.29, 0.717) is 0 Å². The van der Waals surface area contributed by atoms with E-state index in [1.807, 2.05) is 0 Å². The molecule has 0 fully saturated rings. The molecule has 1 rings (SSSR count). The number of rotatable bonds is 3. The minimum atomic E-state index is -3.76. The maximum absolute atomic E-state index is 11.3. The first-order chi connectivity index (χ1) is 6.88. The average molecular weight is 232 g/mol. The second-order valence-electron chi connectivity index (χ2n) is 3.04. The van der Waals surface area contributed by atoms with Crippen LogP contribution in [0.4, 0.5) is 0 Å². The Kier molecular flexibility index (Phi) is 3.21. The molecule has 0 heterocycles. The number of benzene rings is 1. The highest BCUT2D eigenvalue weighted by atomic mass is 32.2. The van der Waals surface area contributed by atoms with E-state index in [0.717, 1.165) is 7.11 Å². The maximum atomic E-state index is 11.3. The van der Waals surface area contributed by atoms with Gasteiger partial charge in [0.05, 0.1) is 7.11 Å². The number of phenolic OH excluding ortho intramolecular Hbond substituents is 2. The van der Waals surface area contributed by atoms with Crippen molar-refractivity contribution in [3.63, 3.8) is 0 Å². The summed E-state index contributed by atoms with van der Waals surface area (Å²) in [6, 6.07) is 3.69. The molecule has 2 N–H and O–H groups in total. The van der Waals surface area contributed by atoms with Crippen molar-refractivity contribution in [1.82, 2.24) is 0 Å². The van der Waals surface area contributed by atoms with Crippen molar-refractivity contribution in [1.29, 1.82) is 0 Å². The van der Waals surface area contributed by atoms with Crippen molar-refractivity contribution in [2.24, 2.45) is 0 Å². The van der Waals surface area contributed by atoms with Gasteiger partial charge >= 0.3 is 0 Å². The van der Waals surface area contributed by atoms with E-state index in [1.54, 1.807) is 0 Å². The molecule has 0 amide bonds. The highest BCUT2D eigenvalue weighted by Crippen LogP contribution is 2.32. The van der Waals surface area contributed by atoms with Crippen LogP contribution in [0.3, 0.4) is 0 Å². The molecule has 6 heteroatoms. The second-order valence-corrected chi connectivity index (χ2v) is 5.07. The highest BCUT2D eigenvalue weighted by Gasteiger charge is 2.25. The van der Waals surface area contributed by atoms with Crippen LogP contribution in [0.5, 0.6) is 11.5 Å². The third-order valence-electron chi connectivity index (χ3n) is 2.11. The van der Waals surface area contributed by atoms with Gasteiger partial charge in [-0.15, -0.1) is 0 Å². The van der Waals surface area contributed by atoms with Gasteiger partial charge in [-0.3, -0.25) is 4.18 Å². The molecule has 0 bridgehead atoms. The minimum Gasteiger partial charge on any atom is -0.508 e. The summed E-state index contributed by atoms with van der Waals surface area (Å²) in [6.45, 7) is 1.37. The Bertz CT molecular complexity index is 452. The van der Waals surface area contributed by atoms with Crippen LogP contribution in [0.15, 0.2) is 18.2 Å². The van der Waals surface area contributed by atoms with E-state index in [2.05, 4.69) is 4.18 Å². The van der Waals surface area contributed by atoms with Crippen LogP contribution in [0.2, 0.25) is 0 Å².